The molecule has 2 atom stereocenters. The number of nitrogens with one attached hydrogen (secondary N) is 1. The van der Waals surface area contributed by atoms with Gasteiger partial charge >= 0.3 is 0 Å². The van der Waals surface area contributed by atoms with Gasteiger partial charge in [-0.3, -0.25) is 0 Å². The average Bonchev–Trinajstić information content (AvgIpc) is 2.82. The number of nitrogens with zero attached hydrogens (tertiary/aromatic N) is 2. The van der Waals surface area contributed by atoms with E-state index in [4.69, 9.17) is 4.98 Å². The van der Waals surface area contributed by atoms with E-state index in [0.29, 0.717) is 12.1 Å². The maximum atomic E-state index is 4.93. The Hall–Kier alpha value is -0.610. The van der Waals surface area contributed by atoms with Crippen molar-refractivity contribution in [3.05, 3.63) is 10.6 Å². The predicted molar refractivity (Wildman–Crippen MR) is 77.5 cm³/mol. The standard InChI is InChI=1S/C14H23N3S/c1-10-6-3-4-9-17(10)14-16-12-8-5-7-11(15-2)13(12)18-14/h10-11,15H,3-9H2,1-2H3. The second kappa shape index (κ2) is 5.17. The molecule has 3 nitrogen and oxygen atoms in total. The molecule has 2 heterocycles. The van der Waals surface area contributed by atoms with Crippen LogP contribution < -0.4 is 10.2 Å². The highest BCUT2D eigenvalue weighted by Gasteiger charge is 2.27. The van der Waals surface area contributed by atoms with E-state index < -0.39 is 0 Å². The summed E-state index contributed by atoms with van der Waals surface area (Å²) in [5.74, 6) is 0. The summed E-state index contributed by atoms with van der Waals surface area (Å²) in [6, 6.07) is 1.21. The maximum Gasteiger partial charge on any atom is 0.186 e. The average molecular weight is 265 g/mol. The number of aryl methyl sites for hydroxylation is 1. The number of hydrogen-bond donors (Lipinski definition) is 1. The molecule has 1 aliphatic carbocycles. The summed E-state index contributed by atoms with van der Waals surface area (Å²) in [6.45, 7) is 3.53. The fourth-order valence-electron chi connectivity index (χ4n) is 3.19. The Morgan fingerprint density at radius 1 is 1.28 bits per heavy atom. The summed E-state index contributed by atoms with van der Waals surface area (Å²) in [4.78, 5) is 8.95. The molecule has 1 saturated heterocycles. The largest absolute Gasteiger partial charge is 0.345 e. The van der Waals surface area contributed by atoms with E-state index in [1.165, 1.54) is 60.8 Å². The van der Waals surface area contributed by atoms with Crippen LogP contribution in [-0.4, -0.2) is 24.6 Å². The molecule has 0 amide bonds. The monoisotopic (exact) mass is 265 g/mol. The van der Waals surface area contributed by atoms with Gasteiger partial charge < -0.3 is 10.2 Å². The van der Waals surface area contributed by atoms with Crippen LogP contribution in [0.15, 0.2) is 0 Å². The molecule has 0 radical (unpaired) electrons. The van der Waals surface area contributed by atoms with Crippen LogP contribution in [0.5, 0.6) is 0 Å². The zero-order valence-electron chi connectivity index (χ0n) is 11.4. The van der Waals surface area contributed by atoms with Crippen molar-refractivity contribution in [2.45, 2.75) is 57.5 Å². The van der Waals surface area contributed by atoms with Gasteiger partial charge in [-0.25, -0.2) is 4.98 Å². The van der Waals surface area contributed by atoms with E-state index in [1.54, 1.807) is 0 Å². The number of thiazole rings is 1. The first-order valence-electron chi connectivity index (χ1n) is 7.23. The fraction of sp³-hybridized carbons (Fsp3) is 0.786. The van der Waals surface area contributed by atoms with Gasteiger partial charge in [0.05, 0.1) is 5.69 Å². The number of piperidine rings is 1. The first kappa shape index (κ1) is 12.4. The SMILES string of the molecule is CNC1CCCc2nc(N3CCCCC3C)sc21. The highest BCUT2D eigenvalue weighted by Crippen LogP contribution is 2.38. The second-order valence-electron chi connectivity index (χ2n) is 5.58. The Morgan fingerprint density at radius 2 is 2.17 bits per heavy atom. The first-order valence-corrected chi connectivity index (χ1v) is 8.04. The van der Waals surface area contributed by atoms with Crippen LogP contribution >= 0.6 is 11.3 Å². The summed E-state index contributed by atoms with van der Waals surface area (Å²) in [6.07, 6.45) is 7.73. The van der Waals surface area contributed by atoms with Crippen molar-refractivity contribution in [3.8, 4) is 0 Å². The fourth-order valence-corrected chi connectivity index (χ4v) is 4.57. The first-order chi connectivity index (χ1) is 8.79. The second-order valence-corrected chi connectivity index (χ2v) is 6.59. The van der Waals surface area contributed by atoms with Gasteiger partial charge in [0.2, 0.25) is 0 Å². The zero-order valence-corrected chi connectivity index (χ0v) is 12.2. The zero-order chi connectivity index (χ0) is 12.5. The van der Waals surface area contributed by atoms with E-state index >= 15 is 0 Å². The molecule has 2 unspecified atom stereocenters. The lowest BCUT2D eigenvalue weighted by molar-refractivity contribution is 0.482. The molecule has 0 bridgehead atoms. The van der Waals surface area contributed by atoms with Gasteiger partial charge in [0, 0.05) is 23.5 Å². The Morgan fingerprint density at radius 3 is 2.94 bits per heavy atom. The van der Waals surface area contributed by atoms with Crippen LogP contribution in [0.1, 0.15) is 55.6 Å². The lowest BCUT2D eigenvalue weighted by Crippen LogP contribution is -2.37. The summed E-state index contributed by atoms with van der Waals surface area (Å²) in [7, 11) is 2.07. The molecule has 0 saturated carbocycles. The molecule has 0 aromatic carbocycles. The molecule has 2 aliphatic rings. The van der Waals surface area contributed by atoms with Crippen molar-refractivity contribution in [1.29, 1.82) is 0 Å². The van der Waals surface area contributed by atoms with Crippen molar-refractivity contribution in [2.75, 3.05) is 18.5 Å². The molecular formula is C14H23N3S. The maximum absolute atomic E-state index is 4.93. The molecule has 4 heteroatoms. The molecule has 18 heavy (non-hydrogen) atoms. The van der Waals surface area contributed by atoms with Crippen LogP contribution in [0.25, 0.3) is 0 Å². The predicted octanol–water partition coefficient (Wildman–Crippen LogP) is 3.12. The number of rotatable bonds is 2. The molecule has 100 valence electrons. The van der Waals surface area contributed by atoms with Gasteiger partial charge in [-0.1, -0.05) is 11.3 Å². The molecule has 1 aromatic heterocycles. The van der Waals surface area contributed by atoms with E-state index in [1.807, 2.05) is 11.3 Å². The summed E-state index contributed by atoms with van der Waals surface area (Å²) in [5, 5.41) is 4.71. The Bertz CT molecular complexity index is 415. The smallest absolute Gasteiger partial charge is 0.186 e. The summed E-state index contributed by atoms with van der Waals surface area (Å²) >= 11 is 1.93. The molecule has 1 aromatic rings. The third-order valence-electron chi connectivity index (χ3n) is 4.34. The number of aromatic nitrogens is 1. The van der Waals surface area contributed by atoms with Crippen molar-refractivity contribution < 1.29 is 0 Å². The lowest BCUT2D eigenvalue weighted by atomic mass is 9.98. The van der Waals surface area contributed by atoms with E-state index in [2.05, 4.69) is 24.2 Å². The van der Waals surface area contributed by atoms with Gasteiger partial charge in [-0.15, -0.1) is 0 Å². The van der Waals surface area contributed by atoms with Crippen LogP contribution in [0.2, 0.25) is 0 Å². The van der Waals surface area contributed by atoms with Gasteiger partial charge in [0.25, 0.3) is 0 Å². The van der Waals surface area contributed by atoms with Crippen LogP contribution in [0, 0.1) is 0 Å². The van der Waals surface area contributed by atoms with E-state index in [0.717, 1.165) is 0 Å². The molecule has 1 fully saturated rings. The van der Waals surface area contributed by atoms with Crippen LogP contribution in [0.4, 0.5) is 5.13 Å². The molecule has 1 N–H and O–H groups in total. The Labute approximate surface area is 114 Å². The number of anilines is 1. The topological polar surface area (TPSA) is 28.2 Å². The van der Waals surface area contributed by atoms with E-state index in [9.17, 15) is 0 Å². The summed E-state index contributed by atoms with van der Waals surface area (Å²) in [5.41, 5.74) is 1.36. The van der Waals surface area contributed by atoms with E-state index in [-0.39, 0.29) is 0 Å². The van der Waals surface area contributed by atoms with Gasteiger partial charge in [0.1, 0.15) is 0 Å². The Balaban J connectivity index is 1.87. The quantitative estimate of drug-likeness (QED) is 0.890. The molecule has 1 aliphatic heterocycles. The minimum atomic E-state index is 0.542. The highest BCUT2D eigenvalue weighted by molar-refractivity contribution is 7.15. The minimum absolute atomic E-state index is 0.542. The van der Waals surface area contributed by atoms with Gasteiger partial charge in [-0.05, 0) is 52.5 Å². The van der Waals surface area contributed by atoms with Gasteiger partial charge in [-0.2, -0.15) is 0 Å². The van der Waals surface area contributed by atoms with Crippen molar-refractivity contribution in [1.82, 2.24) is 10.3 Å². The van der Waals surface area contributed by atoms with Crippen molar-refractivity contribution in [2.24, 2.45) is 0 Å². The number of hydrogen-bond acceptors (Lipinski definition) is 4. The molecule has 0 spiro atoms. The minimum Gasteiger partial charge on any atom is -0.345 e. The van der Waals surface area contributed by atoms with Crippen LogP contribution in [-0.2, 0) is 6.42 Å². The van der Waals surface area contributed by atoms with Crippen LogP contribution in [0.3, 0.4) is 0 Å². The van der Waals surface area contributed by atoms with Gasteiger partial charge in [0.15, 0.2) is 5.13 Å². The number of fused-ring (bicyclic) bond motifs is 1. The normalized spacial score (nSPS) is 28.2. The summed E-state index contributed by atoms with van der Waals surface area (Å²) < 4.78 is 0. The molecule has 3 rings (SSSR count). The Kier molecular flexibility index (Phi) is 3.57. The third kappa shape index (κ3) is 2.16. The molecular weight excluding hydrogens is 242 g/mol. The van der Waals surface area contributed by atoms with Crippen molar-refractivity contribution >= 4 is 16.5 Å². The lowest BCUT2D eigenvalue weighted by Gasteiger charge is -2.33. The van der Waals surface area contributed by atoms with Crippen molar-refractivity contribution in [3.63, 3.8) is 0 Å². The highest BCUT2D eigenvalue weighted by atomic mass is 32.1. The third-order valence-corrected chi connectivity index (χ3v) is 5.58.